The summed E-state index contributed by atoms with van der Waals surface area (Å²) in [6.07, 6.45) is -0.0308. The molecule has 1 amide bonds. The van der Waals surface area contributed by atoms with Crippen molar-refractivity contribution in [2.45, 2.75) is 39.3 Å². The highest BCUT2D eigenvalue weighted by molar-refractivity contribution is 5.80. The molecule has 138 valence electrons. The van der Waals surface area contributed by atoms with Gasteiger partial charge in [0.15, 0.2) is 6.04 Å². The highest BCUT2D eigenvalue weighted by Gasteiger charge is 2.26. The minimum absolute atomic E-state index is 0.365. The summed E-state index contributed by atoms with van der Waals surface area (Å²) in [5.41, 5.74) is -1.35. The highest BCUT2D eigenvalue weighted by atomic mass is 16.6. The Morgan fingerprint density at radius 2 is 2.04 bits per heavy atom. The molecule has 0 saturated carbocycles. The molecule has 0 aromatic rings. The summed E-state index contributed by atoms with van der Waals surface area (Å²) in [5, 5.41) is 22.3. The standard InChI is InChI=1S/C15H21N3O7/c1-6-7-12(11(8-16-5)18(22)23)24-9-10(13(19)20)17-14(21)25-15(2,3)4/h8,10H,9H2,1-5H3,(H,17,21)(H,19,20)/b12-11-,16-8?/t10-/m0/s1. The first-order valence-electron chi connectivity index (χ1n) is 7.10. The number of nitrogens with zero attached hydrogens (tertiary/aromatic N) is 2. The van der Waals surface area contributed by atoms with Gasteiger partial charge in [-0.05, 0) is 33.6 Å². The number of allylic oxidation sites excluding steroid dienone is 2. The van der Waals surface area contributed by atoms with Crippen molar-refractivity contribution in [1.29, 1.82) is 0 Å². The van der Waals surface area contributed by atoms with E-state index in [-0.39, 0.29) is 5.76 Å². The number of alkyl carbamates (subject to hydrolysis) is 1. The molecule has 0 aliphatic rings. The van der Waals surface area contributed by atoms with Crippen LogP contribution in [0, 0.1) is 22.0 Å². The van der Waals surface area contributed by atoms with Gasteiger partial charge in [-0.3, -0.25) is 15.1 Å². The number of nitro groups is 1. The molecule has 0 rings (SSSR count). The van der Waals surface area contributed by atoms with E-state index in [9.17, 15) is 19.7 Å². The fourth-order valence-corrected chi connectivity index (χ4v) is 1.39. The number of carboxylic acid groups (broad SMARTS) is 1. The number of hydrogen-bond acceptors (Lipinski definition) is 7. The van der Waals surface area contributed by atoms with Crippen molar-refractivity contribution in [3.8, 4) is 11.8 Å². The number of carboxylic acids is 1. The van der Waals surface area contributed by atoms with Crippen LogP contribution in [0.1, 0.15) is 27.7 Å². The molecule has 0 aromatic carbocycles. The second-order valence-corrected chi connectivity index (χ2v) is 5.58. The van der Waals surface area contributed by atoms with Gasteiger partial charge < -0.3 is 19.9 Å². The van der Waals surface area contributed by atoms with Crippen LogP contribution in [0.4, 0.5) is 4.79 Å². The molecule has 0 aliphatic heterocycles. The molecule has 0 aromatic heterocycles. The summed E-state index contributed by atoms with van der Waals surface area (Å²) in [4.78, 5) is 36.7. The second kappa shape index (κ2) is 9.92. The highest BCUT2D eigenvalue weighted by Crippen LogP contribution is 2.09. The third-order valence-electron chi connectivity index (χ3n) is 2.30. The van der Waals surface area contributed by atoms with Crippen LogP contribution >= 0.6 is 0 Å². The van der Waals surface area contributed by atoms with Crippen LogP contribution in [0.2, 0.25) is 0 Å². The number of ether oxygens (including phenoxy) is 2. The molecule has 0 heterocycles. The lowest BCUT2D eigenvalue weighted by molar-refractivity contribution is -0.416. The van der Waals surface area contributed by atoms with Crippen molar-refractivity contribution in [2.24, 2.45) is 4.99 Å². The Bertz CT molecular complexity index is 636. The van der Waals surface area contributed by atoms with E-state index >= 15 is 0 Å². The zero-order chi connectivity index (χ0) is 19.6. The molecular weight excluding hydrogens is 334 g/mol. The second-order valence-electron chi connectivity index (χ2n) is 5.58. The molecule has 0 fully saturated rings. The van der Waals surface area contributed by atoms with Crippen LogP contribution in [-0.2, 0) is 14.3 Å². The van der Waals surface area contributed by atoms with Gasteiger partial charge in [0.1, 0.15) is 18.4 Å². The monoisotopic (exact) mass is 355 g/mol. The van der Waals surface area contributed by atoms with E-state index in [1.807, 2.05) is 0 Å². The lowest BCUT2D eigenvalue weighted by Crippen LogP contribution is -2.46. The molecule has 0 aliphatic carbocycles. The number of carbonyl (C=O) groups excluding carboxylic acids is 1. The van der Waals surface area contributed by atoms with Gasteiger partial charge in [-0.2, -0.15) is 0 Å². The van der Waals surface area contributed by atoms with Crippen molar-refractivity contribution in [3.63, 3.8) is 0 Å². The van der Waals surface area contributed by atoms with Gasteiger partial charge in [0.2, 0.25) is 0 Å². The van der Waals surface area contributed by atoms with E-state index in [2.05, 4.69) is 22.2 Å². The topological polar surface area (TPSA) is 140 Å². The molecule has 0 radical (unpaired) electrons. The number of aliphatic carboxylic acids is 1. The summed E-state index contributed by atoms with van der Waals surface area (Å²) in [7, 11) is 1.32. The Morgan fingerprint density at radius 1 is 1.44 bits per heavy atom. The van der Waals surface area contributed by atoms with Gasteiger partial charge in [-0.15, -0.1) is 0 Å². The summed E-state index contributed by atoms with van der Waals surface area (Å²) in [6.45, 7) is 5.68. The molecular formula is C15H21N3O7. The molecule has 0 spiro atoms. The zero-order valence-corrected chi connectivity index (χ0v) is 14.7. The number of hydrogen-bond donors (Lipinski definition) is 2. The maximum Gasteiger partial charge on any atom is 0.408 e. The van der Waals surface area contributed by atoms with Crippen molar-refractivity contribution in [2.75, 3.05) is 13.7 Å². The van der Waals surface area contributed by atoms with Crippen LogP contribution in [0.15, 0.2) is 16.4 Å². The summed E-state index contributed by atoms with van der Waals surface area (Å²) < 4.78 is 10.1. The SMILES string of the molecule is CC#C/C(OC[C@H](NC(=O)OC(C)(C)C)C(=O)O)=C(\C=NC)[N+](=O)[O-]. The van der Waals surface area contributed by atoms with Gasteiger partial charge in [0.25, 0.3) is 5.76 Å². The Hall–Kier alpha value is -3.09. The maximum absolute atomic E-state index is 11.7. The normalized spacial score (nSPS) is 13.2. The van der Waals surface area contributed by atoms with Crippen LogP contribution in [0.5, 0.6) is 0 Å². The molecule has 10 nitrogen and oxygen atoms in total. The predicted octanol–water partition coefficient (Wildman–Crippen LogP) is 1.19. The first-order valence-corrected chi connectivity index (χ1v) is 7.10. The number of amides is 1. The third kappa shape index (κ3) is 8.95. The number of carbonyl (C=O) groups is 2. The first kappa shape index (κ1) is 21.9. The van der Waals surface area contributed by atoms with E-state index in [1.165, 1.54) is 14.0 Å². The van der Waals surface area contributed by atoms with E-state index in [4.69, 9.17) is 14.6 Å². The van der Waals surface area contributed by atoms with Gasteiger partial charge in [0, 0.05) is 7.05 Å². The molecule has 25 heavy (non-hydrogen) atoms. The van der Waals surface area contributed by atoms with Crippen molar-refractivity contribution >= 4 is 18.3 Å². The third-order valence-corrected chi connectivity index (χ3v) is 2.30. The quantitative estimate of drug-likeness (QED) is 0.230. The minimum Gasteiger partial charge on any atom is -0.480 e. The van der Waals surface area contributed by atoms with Crippen molar-refractivity contribution in [1.82, 2.24) is 5.32 Å². The lowest BCUT2D eigenvalue weighted by atomic mass is 10.2. The lowest BCUT2D eigenvalue weighted by Gasteiger charge is -2.22. The van der Waals surface area contributed by atoms with E-state index in [0.29, 0.717) is 0 Å². The molecule has 0 bridgehead atoms. The minimum atomic E-state index is -1.49. The maximum atomic E-state index is 11.7. The van der Waals surface area contributed by atoms with E-state index in [1.54, 1.807) is 20.8 Å². The van der Waals surface area contributed by atoms with Crippen LogP contribution in [0.3, 0.4) is 0 Å². The largest absolute Gasteiger partial charge is 0.480 e. The molecule has 10 heteroatoms. The van der Waals surface area contributed by atoms with Crippen molar-refractivity contribution < 1.29 is 29.1 Å². The van der Waals surface area contributed by atoms with E-state index in [0.717, 1.165) is 6.21 Å². The van der Waals surface area contributed by atoms with Crippen LogP contribution in [-0.4, -0.2) is 53.6 Å². The number of rotatable bonds is 7. The molecule has 1 atom stereocenters. The Kier molecular flexibility index (Phi) is 8.69. The summed E-state index contributed by atoms with van der Waals surface area (Å²) in [5.74, 6) is 3.03. The molecule has 0 unspecified atom stereocenters. The zero-order valence-electron chi connectivity index (χ0n) is 14.7. The molecule has 2 N–H and O–H groups in total. The van der Waals surface area contributed by atoms with Crippen LogP contribution < -0.4 is 5.32 Å². The first-order chi connectivity index (χ1) is 11.5. The average molecular weight is 355 g/mol. The number of aliphatic imine (C=N–C) groups is 1. The fourth-order valence-electron chi connectivity index (χ4n) is 1.39. The Labute approximate surface area is 145 Å². The number of nitrogens with one attached hydrogen (secondary N) is 1. The Morgan fingerprint density at radius 3 is 2.44 bits per heavy atom. The molecule has 0 saturated heterocycles. The van der Waals surface area contributed by atoms with Crippen molar-refractivity contribution in [3.05, 3.63) is 21.6 Å². The fraction of sp³-hybridized carbons (Fsp3) is 0.533. The van der Waals surface area contributed by atoms with Gasteiger partial charge >= 0.3 is 17.8 Å². The predicted molar refractivity (Wildman–Crippen MR) is 88.6 cm³/mol. The summed E-state index contributed by atoms with van der Waals surface area (Å²) in [6, 6.07) is -1.49. The van der Waals surface area contributed by atoms with Gasteiger partial charge in [-0.1, -0.05) is 5.92 Å². The average Bonchev–Trinajstić information content (AvgIpc) is 2.45. The summed E-state index contributed by atoms with van der Waals surface area (Å²) >= 11 is 0. The van der Waals surface area contributed by atoms with Gasteiger partial charge in [-0.25, -0.2) is 9.59 Å². The van der Waals surface area contributed by atoms with Gasteiger partial charge in [0.05, 0.1) is 4.92 Å². The smallest absolute Gasteiger partial charge is 0.408 e. The van der Waals surface area contributed by atoms with Crippen LogP contribution in [0.25, 0.3) is 0 Å². The Balaban J connectivity index is 5.28. The van der Waals surface area contributed by atoms with E-state index < -0.39 is 40.9 Å².